The van der Waals surface area contributed by atoms with Crippen molar-refractivity contribution in [2.75, 3.05) is 32.0 Å². The van der Waals surface area contributed by atoms with Gasteiger partial charge in [0, 0.05) is 24.3 Å². The highest BCUT2D eigenvalue weighted by Crippen LogP contribution is 2.22. The zero-order chi connectivity index (χ0) is 12.3. The first kappa shape index (κ1) is 11.6. The van der Waals surface area contributed by atoms with Crippen LogP contribution in [0.2, 0.25) is 0 Å². The van der Waals surface area contributed by atoms with Crippen molar-refractivity contribution in [3.8, 4) is 5.75 Å². The van der Waals surface area contributed by atoms with E-state index in [4.69, 9.17) is 10.5 Å². The molecule has 2 rings (SSSR count). The summed E-state index contributed by atoms with van der Waals surface area (Å²) in [6.07, 6.45) is 0. The molecule has 0 aromatic heterocycles. The minimum atomic E-state index is -0.0158. The second-order valence-electron chi connectivity index (χ2n) is 4.04. The number of carbonyl (C=O) groups is 1. The van der Waals surface area contributed by atoms with E-state index in [1.807, 2.05) is 25.1 Å². The van der Waals surface area contributed by atoms with Gasteiger partial charge in [0.1, 0.15) is 12.4 Å². The molecule has 0 atom stereocenters. The third kappa shape index (κ3) is 2.61. The first-order valence-electron chi connectivity index (χ1n) is 5.69. The van der Waals surface area contributed by atoms with Crippen molar-refractivity contribution >= 4 is 11.7 Å². The van der Waals surface area contributed by atoms with Crippen LogP contribution < -0.4 is 15.8 Å². The second-order valence-corrected chi connectivity index (χ2v) is 4.04. The first-order chi connectivity index (χ1) is 8.18. The predicted molar refractivity (Wildman–Crippen MR) is 66.1 cm³/mol. The number of nitrogens with two attached hydrogens (primary N) is 1. The van der Waals surface area contributed by atoms with E-state index in [2.05, 4.69) is 5.32 Å². The van der Waals surface area contributed by atoms with Crippen LogP contribution in [0.5, 0.6) is 5.75 Å². The Bertz CT molecular complexity index is 420. The van der Waals surface area contributed by atoms with Gasteiger partial charge >= 0.3 is 6.03 Å². The van der Waals surface area contributed by atoms with Crippen LogP contribution in [0, 0.1) is 6.92 Å². The summed E-state index contributed by atoms with van der Waals surface area (Å²) in [6.45, 7) is 4.47. The van der Waals surface area contributed by atoms with Crippen LogP contribution in [0.3, 0.4) is 0 Å². The van der Waals surface area contributed by atoms with Crippen molar-refractivity contribution < 1.29 is 9.53 Å². The van der Waals surface area contributed by atoms with E-state index in [1.54, 1.807) is 4.90 Å². The van der Waals surface area contributed by atoms with Crippen LogP contribution in [0.15, 0.2) is 18.2 Å². The molecule has 0 aliphatic carbocycles. The van der Waals surface area contributed by atoms with Crippen LogP contribution in [0.1, 0.15) is 5.56 Å². The molecule has 5 heteroatoms. The van der Waals surface area contributed by atoms with Gasteiger partial charge in [0.25, 0.3) is 0 Å². The molecule has 0 radical (unpaired) electrons. The predicted octanol–water partition coefficient (Wildman–Crippen LogP) is 0.981. The highest BCUT2D eigenvalue weighted by atomic mass is 16.5. The standard InChI is InChI=1S/C12H17N3O2/c1-9-10(13)3-2-4-11(9)17-8-7-15-6-5-14-12(15)16/h2-4H,5-8,13H2,1H3,(H,14,16). The fourth-order valence-electron chi connectivity index (χ4n) is 1.78. The monoisotopic (exact) mass is 235 g/mol. The van der Waals surface area contributed by atoms with Crippen LogP contribution >= 0.6 is 0 Å². The SMILES string of the molecule is Cc1c(N)cccc1OCCN1CCNC1=O. The summed E-state index contributed by atoms with van der Waals surface area (Å²) >= 11 is 0. The Morgan fingerprint density at radius 3 is 3.06 bits per heavy atom. The largest absolute Gasteiger partial charge is 0.491 e. The molecule has 5 nitrogen and oxygen atoms in total. The number of nitrogen functional groups attached to an aromatic ring is 1. The fourth-order valence-corrected chi connectivity index (χ4v) is 1.78. The van der Waals surface area contributed by atoms with Gasteiger partial charge in [-0.3, -0.25) is 0 Å². The molecule has 92 valence electrons. The number of urea groups is 1. The number of carbonyl (C=O) groups excluding carboxylic acids is 1. The Morgan fingerprint density at radius 2 is 2.35 bits per heavy atom. The molecule has 0 saturated carbocycles. The number of ether oxygens (including phenoxy) is 1. The van der Waals surface area contributed by atoms with Crippen molar-refractivity contribution in [3.63, 3.8) is 0 Å². The molecule has 1 aliphatic rings. The molecule has 0 spiro atoms. The number of benzene rings is 1. The molecule has 1 saturated heterocycles. The van der Waals surface area contributed by atoms with Crippen LogP contribution in [-0.4, -0.2) is 37.2 Å². The minimum Gasteiger partial charge on any atom is -0.491 e. The third-order valence-corrected chi connectivity index (χ3v) is 2.89. The van der Waals surface area contributed by atoms with E-state index in [9.17, 15) is 4.79 Å². The number of nitrogens with zero attached hydrogens (tertiary/aromatic N) is 1. The summed E-state index contributed by atoms with van der Waals surface area (Å²) in [6, 6.07) is 5.57. The maximum absolute atomic E-state index is 11.3. The van der Waals surface area contributed by atoms with Crippen molar-refractivity contribution in [2.45, 2.75) is 6.92 Å². The zero-order valence-electron chi connectivity index (χ0n) is 9.90. The molecule has 2 amide bonds. The quantitative estimate of drug-likeness (QED) is 0.764. The van der Waals surface area contributed by atoms with E-state index < -0.39 is 0 Å². The Kier molecular flexibility index (Phi) is 3.37. The van der Waals surface area contributed by atoms with E-state index in [-0.39, 0.29) is 6.03 Å². The molecule has 1 aliphatic heterocycles. The Balaban J connectivity index is 1.86. The first-order valence-corrected chi connectivity index (χ1v) is 5.69. The van der Waals surface area contributed by atoms with Crippen molar-refractivity contribution in [1.82, 2.24) is 10.2 Å². The van der Waals surface area contributed by atoms with Gasteiger partial charge in [-0.15, -0.1) is 0 Å². The van der Waals surface area contributed by atoms with Crippen molar-refractivity contribution in [2.24, 2.45) is 0 Å². The summed E-state index contributed by atoms with van der Waals surface area (Å²) < 4.78 is 5.63. The summed E-state index contributed by atoms with van der Waals surface area (Å²) in [5.41, 5.74) is 7.45. The number of anilines is 1. The Morgan fingerprint density at radius 1 is 1.53 bits per heavy atom. The van der Waals surface area contributed by atoms with Crippen molar-refractivity contribution in [1.29, 1.82) is 0 Å². The summed E-state index contributed by atoms with van der Waals surface area (Å²) in [5, 5.41) is 2.75. The van der Waals surface area contributed by atoms with Crippen LogP contribution in [-0.2, 0) is 0 Å². The lowest BCUT2D eigenvalue weighted by Gasteiger charge is -2.15. The fraction of sp³-hybridized carbons (Fsp3) is 0.417. The number of hydrogen-bond acceptors (Lipinski definition) is 3. The summed E-state index contributed by atoms with van der Waals surface area (Å²) in [5.74, 6) is 0.782. The topological polar surface area (TPSA) is 67.6 Å². The summed E-state index contributed by atoms with van der Waals surface area (Å²) in [7, 11) is 0. The third-order valence-electron chi connectivity index (χ3n) is 2.89. The lowest BCUT2D eigenvalue weighted by atomic mass is 10.2. The molecule has 0 bridgehead atoms. The summed E-state index contributed by atoms with van der Waals surface area (Å²) in [4.78, 5) is 13.0. The average molecular weight is 235 g/mol. The number of amides is 2. The Hall–Kier alpha value is -1.91. The second kappa shape index (κ2) is 4.95. The van der Waals surface area contributed by atoms with Gasteiger partial charge in [-0.05, 0) is 19.1 Å². The molecule has 3 N–H and O–H groups in total. The van der Waals surface area contributed by atoms with E-state index in [0.717, 1.165) is 30.1 Å². The zero-order valence-corrected chi connectivity index (χ0v) is 9.90. The molecule has 1 aromatic rings. The normalized spacial score (nSPS) is 14.9. The van der Waals surface area contributed by atoms with Gasteiger partial charge in [-0.2, -0.15) is 0 Å². The van der Waals surface area contributed by atoms with Gasteiger partial charge in [-0.25, -0.2) is 4.79 Å². The average Bonchev–Trinajstić information content (AvgIpc) is 2.71. The minimum absolute atomic E-state index is 0.0158. The smallest absolute Gasteiger partial charge is 0.317 e. The molecule has 1 fully saturated rings. The van der Waals surface area contributed by atoms with E-state index in [0.29, 0.717) is 13.2 Å². The lowest BCUT2D eigenvalue weighted by molar-refractivity contribution is 0.202. The maximum atomic E-state index is 11.3. The number of rotatable bonds is 4. The lowest BCUT2D eigenvalue weighted by Crippen LogP contribution is -2.31. The van der Waals surface area contributed by atoms with E-state index >= 15 is 0 Å². The van der Waals surface area contributed by atoms with Gasteiger partial charge in [-0.1, -0.05) is 6.07 Å². The number of nitrogens with one attached hydrogen (secondary N) is 1. The van der Waals surface area contributed by atoms with Gasteiger partial charge < -0.3 is 20.7 Å². The highest BCUT2D eigenvalue weighted by Gasteiger charge is 2.18. The van der Waals surface area contributed by atoms with Gasteiger partial charge in [0.05, 0.1) is 6.54 Å². The molecule has 17 heavy (non-hydrogen) atoms. The van der Waals surface area contributed by atoms with Gasteiger partial charge in [0.2, 0.25) is 0 Å². The molecule has 0 unspecified atom stereocenters. The van der Waals surface area contributed by atoms with E-state index in [1.165, 1.54) is 0 Å². The van der Waals surface area contributed by atoms with Crippen LogP contribution in [0.4, 0.5) is 10.5 Å². The number of hydrogen-bond donors (Lipinski definition) is 2. The molecular weight excluding hydrogens is 218 g/mol. The van der Waals surface area contributed by atoms with Gasteiger partial charge in [0.15, 0.2) is 0 Å². The van der Waals surface area contributed by atoms with Crippen LogP contribution in [0.25, 0.3) is 0 Å². The maximum Gasteiger partial charge on any atom is 0.317 e. The van der Waals surface area contributed by atoms with Crippen molar-refractivity contribution in [3.05, 3.63) is 23.8 Å². The molecular formula is C12H17N3O2. The highest BCUT2D eigenvalue weighted by molar-refractivity contribution is 5.76. The Labute approximate surface area is 101 Å². The molecule has 1 heterocycles. The molecule has 1 aromatic carbocycles.